The number of aromatic nitrogens is 4. The SMILES string of the molecule is C=CCc1ccc(OCC(O)Cn2nnc(-c3ccc(OCC)cc3)n2)c(OC)c1. The lowest BCUT2D eigenvalue weighted by Crippen LogP contribution is -2.25. The van der Waals surface area contributed by atoms with Crippen molar-refractivity contribution >= 4 is 0 Å². The Morgan fingerprint density at radius 2 is 1.93 bits per heavy atom. The Kier molecular flexibility index (Phi) is 7.40. The van der Waals surface area contributed by atoms with Gasteiger partial charge in [0.25, 0.3) is 0 Å². The maximum atomic E-state index is 10.3. The molecule has 1 N–H and O–H groups in total. The molecule has 1 unspecified atom stereocenters. The molecular weight excluding hydrogens is 384 g/mol. The van der Waals surface area contributed by atoms with Crippen molar-refractivity contribution in [1.82, 2.24) is 20.2 Å². The molecule has 0 fully saturated rings. The molecule has 1 atom stereocenters. The normalized spacial score (nSPS) is 11.7. The Hall–Kier alpha value is -3.39. The van der Waals surface area contributed by atoms with E-state index in [2.05, 4.69) is 22.0 Å². The minimum absolute atomic E-state index is 0.0666. The van der Waals surface area contributed by atoms with Crippen LogP contribution in [0.1, 0.15) is 12.5 Å². The Bertz CT molecular complexity index is 956. The molecule has 8 heteroatoms. The maximum absolute atomic E-state index is 10.3. The monoisotopic (exact) mass is 410 g/mol. The number of ether oxygens (including phenoxy) is 3. The van der Waals surface area contributed by atoms with E-state index in [0.717, 1.165) is 23.3 Å². The van der Waals surface area contributed by atoms with E-state index in [0.29, 0.717) is 23.9 Å². The highest BCUT2D eigenvalue weighted by molar-refractivity contribution is 5.55. The van der Waals surface area contributed by atoms with Crippen LogP contribution >= 0.6 is 0 Å². The van der Waals surface area contributed by atoms with Gasteiger partial charge in [-0.3, -0.25) is 0 Å². The molecule has 0 amide bonds. The Morgan fingerprint density at radius 1 is 1.13 bits per heavy atom. The van der Waals surface area contributed by atoms with E-state index >= 15 is 0 Å². The number of hydrogen-bond donors (Lipinski definition) is 1. The molecule has 30 heavy (non-hydrogen) atoms. The molecule has 1 aromatic heterocycles. The van der Waals surface area contributed by atoms with E-state index in [-0.39, 0.29) is 13.2 Å². The van der Waals surface area contributed by atoms with Crippen molar-refractivity contribution in [2.75, 3.05) is 20.3 Å². The highest BCUT2D eigenvalue weighted by atomic mass is 16.5. The van der Waals surface area contributed by atoms with E-state index in [4.69, 9.17) is 14.2 Å². The van der Waals surface area contributed by atoms with Gasteiger partial charge >= 0.3 is 0 Å². The van der Waals surface area contributed by atoms with Crippen LogP contribution in [0.2, 0.25) is 0 Å². The molecular formula is C22H26N4O4. The summed E-state index contributed by atoms with van der Waals surface area (Å²) in [5, 5.41) is 22.7. The molecule has 0 aliphatic rings. The standard InChI is InChI=1S/C22H26N4O4/c1-4-6-16-7-12-20(21(13-16)28-3)30-15-18(27)14-26-24-22(23-25-26)17-8-10-19(11-9-17)29-5-2/h4,7-13,18,27H,1,5-6,14-15H2,2-3H3. The number of nitrogens with zero attached hydrogens (tertiary/aromatic N) is 4. The van der Waals surface area contributed by atoms with Gasteiger partial charge in [-0.1, -0.05) is 12.1 Å². The van der Waals surface area contributed by atoms with Gasteiger partial charge in [0.1, 0.15) is 18.5 Å². The maximum Gasteiger partial charge on any atom is 0.204 e. The Labute approximate surface area is 175 Å². The van der Waals surface area contributed by atoms with Crippen LogP contribution in [-0.2, 0) is 13.0 Å². The van der Waals surface area contributed by atoms with Crippen LogP contribution in [0.15, 0.2) is 55.1 Å². The van der Waals surface area contributed by atoms with Crippen molar-refractivity contribution < 1.29 is 19.3 Å². The molecule has 2 aromatic carbocycles. The zero-order valence-electron chi connectivity index (χ0n) is 17.2. The summed E-state index contributed by atoms with van der Waals surface area (Å²) in [6.07, 6.45) is 1.75. The molecule has 3 rings (SSSR count). The lowest BCUT2D eigenvalue weighted by molar-refractivity contribution is 0.0836. The first-order valence-corrected chi connectivity index (χ1v) is 9.72. The molecule has 0 aliphatic carbocycles. The summed E-state index contributed by atoms with van der Waals surface area (Å²) in [4.78, 5) is 1.35. The highest BCUT2D eigenvalue weighted by Gasteiger charge is 2.13. The number of tetrazole rings is 1. The molecule has 158 valence electrons. The molecule has 0 bridgehead atoms. The first-order valence-electron chi connectivity index (χ1n) is 9.72. The number of allylic oxidation sites excluding steroid dienone is 1. The number of aliphatic hydroxyl groups is 1. The van der Waals surface area contributed by atoms with Crippen molar-refractivity contribution in [1.29, 1.82) is 0 Å². The van der Waals surface area contributed by atoms with Crippen LogP contribution in [0.25, 0.3) is 11.4 Å². The second-order valence-corrected chi connectivity index (χ2v) is 6.57. The molecule has 0 radical (unpaired) electrons. The predicted octanol–water partition coefficient (Wildman–Crippen LogP) is 2.92. The summed E-state index contributed by atoms with van der Waals surface area (Å²) >= 11 is 0. The fourth-order valence-electron chi connectivity index (χ4n) is 2.86. The third-order valence-electron chi connectivity index (χ3n) is 4.29. The van der Waals surface area contributed by atoms with Crippen LogP contribution < -0.4 is 14.2 Å². The van der Waals surface area contributed by atoms with E-state index in [1.165, 1.54) is 4.80 Å². The number of rotatable bonds is 11. The van der Waals surface area contributed by atoms with Crippen molar-refractivity contribution in [3.63, 3.8) is 0 Å². The molecule has 8 nitrogen and oxygen atoms in total. The van der Waals surface area contributed by atoms with Crippen LogP contribution in [0, 0.1) is 0 Å². The summed E-state index contributed by atoms with van der Waals surface area (Å²) in [6.45, 7) is 6.50. The van der Waals surface area contributed by atoms with Crippen molar-refractivity contribution in [3.05, 3.63) is 60.7 Å². The minimum atomic E-state index is -0.815. The zero-order valence-corrected chi connectivity index (χ0v) is 17.2. The first-order chi connectivity index (χ1) is 14.6. The van der Waals surface area contributed by atoms with Crippen molar-refractivity contribution in [3.8, 4) is 28.6 Å². The van der Waals surface area contributed by atoms with Crippen LogP contribution in [-0.4, -0.2) is 51.7 Å². The molecule has 0 saturated carbocycles. The number of hydrogen-bond acceptors (Lipinski definition) is 7. The van der Waals surface area contributed by atoms with Gasteiger partial charge in [0.2, 0.25) is 5.82 Å². The van der Waals surface area contributed by atoms with Crippen LogP contribution in [0.4, 0.5) is 0 Å². The topological polar surface area (TPSA) is 91.5 Å². The van der Waals surface area contributed by atoms with Gasteiger partial charge in [0.15, 0.2) is 11.5 Å². The summed E-state index contributed by atoms with van der Waals surface area (Å²) in [7, 11) is 1.58. The van der Waals surface area contributed by atoms with E-state index in [1.807, 2.05) is 55.5 Å². The fraction of sp³-hybridized carbons (Fsp3) is 0.318. The third kappa shape index (κ3) is 5.57. The highest BCUT2D eigenvalue weighted by Crippen LogP contribution is 2.28. The van der Waals surface area contributed by atoms with Gasteiger partial charge in [-0.05, 0) is 60.5 Å². The second kappa shape index (κ2) is 10.4. The van der Waals surface area contributed by atoms with E-state index < -0.39 is 6.10 Å². The lowest BCUT2D eigenvalue weighted by Gasteiger charge is -2.14. The Balaban J connectivity index is 1.57. The minimum Gasteiger partial charge on any atom is -0.494 e. The predicted molar refractivity (Wildman–Crippen MR) is 113 cm³/mol. The molecule has 0 aliphatic heterocycles. The van der Waals surface area contributed by atoms with Gasteiger partial charge < -0.3 is 19.3 Å². The van der Waals surface area contributed by atoms with Crippen molar-refractivity contribution in [2.24, 2.45) is 0 Å². The fourth-order valence-corrected chi connectivity index (χ4v) is 2.86. The largest absolute Gasteiger partial charge is 0.494 e. The van der Waals surface area contributed by atoms with Gasteiger partial charge in [-0.15, -0.1) is 16.8 Å². The van der Waals surface area contributed by atoms with Gasteiger partial charge in [0, 0.05) is 5.56 Å². The Morgan fingerprint density at radius 3 is 2.63 bits per heavy atom. The molecule has 0 spiro atoms. The van der Waals surface area contributed by atoms with Crippen molar-refractivity contribution in [2.45, 2.75) is 26.0 Å². The second-order valence-electron chi connectivity index (χ2n) is 6.57. The smallest absolute Gasteiger partial charge is 0.204 e. The third-order valence-corrected chi connectivity index (χ3v) is 4.29. The number of benzene rings is 2. The molecule has 0 saturated heterocycles. The van der Waals surface area contributed by atoms with E-state index in [1.54, 1.807) is 7.11 Å². The van der Waals surface area contributed by atoms with Crippen LogP contribution in [0.3, 0.4) is 0 Å². The molecule has 3 aromatic rings. The average Bonchev–Trinajstić information content (AvgIpc) is 3.22. The summed E-state index contributed by atoms with van der Waals surface area (Å²) in [5.41, 5.74) is 1.89. The zero-order chi connectivity index (χ0) is 21.3. The molecule has 1 heterocycles. The number of methoxy groups -OCH3 is 1. The summed E-state index contributed by atoms with van der Waals surface area (Å²) < 4.78 is 16.5. The van der Waals surface area contributed by atoms with E-state index in [9.17, 15) is 5.11 Å². The van der Waals surface area contributed by atoms with Crippen LogP contribution in [0.5, 0.6) is 17.2 Å². The van der Waals surface area contributed by atoms with Gasteiger partial charge in [-0.2, -0.15) is 4.80 Å². The number of aliphatic hydroxyl groups excluding tert-OH is 1. The summed E-state index contributed by atoms with van der Waals surface area (Å²) in [5.74, 6) is 2.43. The first kappa shape index (κ1) is 21.3. The van der Waals surface area contributed by atoms with Gasteiger partial charge in [0.05, 0.1) is 20.3 Å². The lowest BCUT2D eigenvalue weighted by atomic mass is 10.1. The average molecular weight is 410 g/mol. The quantitative estimate of drug-likeness (QED) is 0.486. The van der Waals surface area contributed by atoms with Gasteiger partial charge in [-0.25, -0.2) is 0 Å². The summed E-state index contributed by atoms with van der Waals surface area (Å²) in [6, 6.07) is 13.1.